The Balaban J connectivity index is 1.61. The molecular formula is C21H17Br2IN2O4S. The number of anilines is 2. The fourth-order valence-electron chi connectivity index (χ4n) is 2.66. The molecule has 0 aromatic heterocycles. The number of amides is 1. The number of halogens is 3. The van der Waals surface area contributed by atoms with Crippen LogP contribution in [0.1, 0.15) is 5.56 Å². The predicted molar refractivity (Wildman–Crippen MR) is 137 cm³/mol. The maximum Gasteiger partial charge on any atom is 0.262 e. The summed E-state index contributed by atoms with van der Waals surface area (Å²) in [6, 6.07) is 16.7. The molecule has 0 aliphatic carbocycles. The number of benzene rings is 3. The number of carbonyl (C=O) groups is 1. The summed E-state index contributed by atoms with van der Waals surface area (Å²) in [5.41, 5.74) is 1.82. The van der Waals surface area contributed by atoms with E-state index in [1.807, 2.05) is 31.2 Å². The zero-order chi connectivity index (χ0) is 22.6. The van der Waals surface area contributed by atoms with Crippen molar-refractivity contribution in [3.8, 4) is 5.75 Å². The van der Waals surface area contributed by atoms with Crippen molar-refractivity contribution in [2.24, 2.45) is 0 Å². The first-order chi connectivity index (χ1) is 14.6. The fourth-order valence-corrected chi connectivity index (χ4v) is 5.63. The van der Waals surface area contributed by atoms with Crippen LogP contribution in [0.5, 0.6) is 5.75 Å². The third-order valence-corrected chi connectivity index (χ3v) is 7.25. The molecule has 10 heteroatoms. The zero-order valence-corrected chi connectivity index (χ0v) is 22.3. The Morgan fingerprint density at radius 1 is 1.00 bits per heavy atom. The second-order valence-corrected chi connectivity index (χ2v) is 11.2. The fraction of sp³-hybridized carbons (Fsp3) is 0.0952. The van der Waals surface area contributed by atoms with Gasteiger partial charge >= 0.3 is 0 Å². The molecule has 3 aromatic rings. The Labute approximate surface area is 211 Å². The Bertz CT molecular complexity index is 1180. The van der Waals surface area contributed by atoms with Gasteiger partial charge in [-0.15, -0.1) is 0 Å². The third-order valence-electron chi connectivity index (χ3n) is 4.09. The summed E-state index contributed by atoms with van der Waals surface area (Å²) in [5, 5.41) is 2.69. The highest BCUT2D eigenvalue weighted by molar-refractivity contribution is 14.1. The van der Waals surface area contributed by atoms with Gasteiger partial charge in [-0.1, -0.05) is 15.9 Å². The van der Waals surface area contributed by atoms with Gasteiger partial charge in [0, 0.05) is 19.4 Å². The van der Waals surface area contributed by atoms with Crippen LogP contribution in [0.3, 0.4) is 0 Å². The highest BCUT2D eigenvalue weighted by Crippen LogP contribution is 2.32. The molecule has 3 aromatic carbocycles. The van der Waals surface area contributed by atoms with Gasteiger partial charge in [0.25, 0.3) is 15.9 Å². The molecule has 0 saturated heterocycles. The molecule has 6 nitrogen and oxygen atoms in total. The first-order valence-corrected chi connectivity index (χ1v) is 13.1. The largest absolute Gasteiger partial charge is 0.482 e. The number of nitrogens with one attached hydrogen (secondary N) is 2. The number of hydrogen-bond donors (Lipinski definition) is 2. The maximum atomic E-state index is 12.5. The van der Waals surface area contributed by atoms with Crippen molar-refractivity contribution in [2.45, 2.75) is 11.8 Å². The van der Waals surface area contributed by atoms with Crippen LogP contribution in [0, 0.1) is 10.5 Å². The molecule has 162 valence electrons. The first-order valence-electron chi connectivity index (χ1n) is 8.91. The first kappa shape index (κ1) is 24.0. The van der Waals surface area contributed by atoms with Crippen molar-refractivity contribution in [2.75, 3.05) is 16.6 Å². The second kappa shape index (κ2) is 10.3. The lowest BCUT2D eigenvalue weighted by molar-refractivity contribution is -0.118. The topological polar surface area (TPSA) is 84.5 Å². The van der Waals surface area contributed by atoms with Gasteiger partial charge in [0.1, 0.15) is 5.75 Å². The van der Waals surface area contributed by atoms with Gasteiger partial charge in [-0.2, -0.15) is 0 Å². The molecule has 0 fully saturated rings. The number of ether oxygens (including phenoxy) is 1. The Morgan fingerprint density at radius 2 is 1.61 bits per heavy atom. The Morgan fingerprint density at radius 3 is 2.23 bits per heavy atom. The number of hydrogen-bond acceptors (Lipinski definition) is 4. The van der Waals surface area contributed by atoms with Crippen molar-refractivity contribution in [3.05, 3.63) is 78.7 Å². The number of sulfonamides is 1. The summed E-state index contributed by atoms with van der Waals surface area (Å²) in [6.07, 6.45) is 0. The number of aryl methyl sites for hydroxylation is 1. The average molecular weight is 680 g/mol. The van der Waals surface area contributed by atoms with Crippen LogP contribution < -0.4 is 14.8 Å². The molecule has 0 radical (unpaired) electrons. The molecular weight excluding hydrogens is 663 g/mol. The van der Waals surface area contributed by atoms with Crippen molar-refractivity contribution in [1.29, 1.82) is 0 Å². The second-order valence-electron chi connectivity index (χ2n) is 6.51. The van der Waals surface area contributed by atoms with Gasteiger partial charge in [0.2, 0.25) is 0 Å². The van der Waals surface area contributed by atoms with E-state index in [0.717, 1.165) is 18.1 Å². The molecule has 0 atom stereocenters. The van der Waals surface area contributed by atoms with Crippen molar-refractivity contribution in [1.82, 2.24) is 0 Å². The van der Waals surface area contributed by atoms with Crippen LogP contribution in [0.4, 0.5) is 11.4 Å². The monoisotopic (exact) mass is 678 g/mol. The molecule has 31 heavy (non-hydrogen) atoms. The summed E-state index contributed by atoms with van der Waals surface area (Å²) in [6.45, 7) is 1.70. The highest BCUT2D eigenvalue weighted by Gasteiger charge is 2.15. The zero-order valence-electron chi connectivity index (χ0n) is 16.2. The van der Waals surface area contributed by atoms with E-state index in [9.17, 15) is 13.2 Å². The summed E-state index contributed by atoms with van der Waals surface area (Å²) in [4.78, 5) is 12.3. The van der Waals surface area contributed by atoms with E-state index in [1.165, 1.54) is 24.3 Å². The summed E-state index contributed by atoms with van der Waals surface area (Å²) in [7, 11) is -3.73. The molecule has 2 N–H and O–H groups in total. The highest BCUT2D eigenvalue weighted by atomic mass is 127. The van der Waals surface area contributed by atoms with Crippen LogP contribution in [-0.2, 0) is 14.8 Å². The van der Waals surface area contributed by atoms with Gasteiger partial charge < -0.3 is 10.1 Å². The van der Waals surface area contributed by atoms with Gasteiger partial charge in [-0.25, -0.2) is 8.42 Å². The molecule has 0 saturated carbocycles. The van der Waals surface area contributed by atoms with Gasteiger partial charge in [-0.3, -0.25) is 9.52 Å². The molecule has 0 heterocycles. The molecule has 0 aliphatic heterocycles. The van der Waals surface area contributed by atoms with Crippen LogP contribution in [0.2, 0.25) is 0 Å². The summed E-state index contributed by atoms with van der Waals surface area (Å²) < 4.78 is 35.9. The maximum absolute atomic E-state index is 12.5. The summed E-state index contributed by atoms with van der Waals surface area (Å²) in [5.74, 6) is 0.225. The molecule has 0 spiro atoms. The van der Waals surface area contributed by atoms with Crippen LogP contribution in [-0.4, -0.2) is 20.9 Å². The average Bonchev–Trinajstić information content (AvgIpc) is 2.69. The van der Waals surface area contributed by atoms with Crippen molar-refractivity contribution >= 4 is 81.8 Å². The van der Waals surface area contributed by atoms with Crippen molar-refractivity contribution in [3.63, 3.8) is 0 Å². The van der Waals surface area contributed by atoms with E-state index in [2.05, 4.69) is 64.5 Å². The Kier molecular flexibility index (Phi) is 8.00. The molecule has 0 bridgehead atoms. The predicted octanol–water partition coefficient (Wildman–Crippen LogP) is 5.94. The van der Waals surface area contributed by atoms with Crippen LogP contribution in [0.25, 0.3) is 0 Å². The molecule has 0 unspecified atom stereocenters. The lowest BCUT2D eigenvalue weighted by Gasteiger charge is -2.12. The van der Waals surface area contributed by atoms with Crippen LogP contribution in [0.15, 0.2) is 74.5 Å². The standard InChI is InChI=1S/C21H17Br2IN2O4S/c1-13-10-14(22)11-19(23)21(13)30-12-20(27)25-16-6-8-18(9-7-16)31(28,29)26-17-4-2-15(24)3-5-17/h2-11,26H,12H2,1H3,(H,25,27). The minimum atomic E-state index is -3.73. The van der Waals surface area contributed by atoms with Gasteiger partial charge in [0.05, 0.1) is 9.37 Å². The van der Waals surface area contributed by atoms with Gasteiger partial charge in [-0.05, 0) is 112 Å². The molecule has 3 rings (SSSR count). The Hall–Kier alpha value is -1.63. The SMILES string of the molecule is Cc1cc(Br)cc(Br)c1OCC(=O)Nc1ccc(S(=O)(=O)Nc2ccc(I)cc2)cc1. The summed E-state index contributed by atoms with van der Waals surface area (Å²) >= 11 is 8.97. The molecule has 1 amide bonds. The number of carbonyl (C=O) groups excluding carboxylic acids is 1. The van der Waals surface area contributed by atoms with Crippen molar-refractivity contribution < 1.29 is 17.9 Å². The van der Waals surface area contributed by atoms with Crippen LogP contribution >= 0.6 is 54.5 Å². The quantitative estimate of drug-likeness (QED) is 0.303. The van der Waals surface area contributed by atoms with E-state index in [1.54, 1.807) is 12.1 Å². The van der Waals surface area contributed by atoms with E-state index >= 15 is 0 Å². The minimum Gasteiger partial charge on any atom is -0.482 e. The van der Waals surface area contributed by atoms with Gasteiger partial charge in [0.15, 0.2) is 6.61 Å². The lowest BCUT2D eigenvalue weighted by atomic mass is 10.2. The molecule has 0 aliphatic rings. The van der Waals surface area contributed by atoms with E-state index in [0.29, 0.717) is 17.1 Å². The lowest BCUT2D eigenvalue weighted by Crippen LogP contribution is -2.20. The number of rotatable bonds is 7. The smallest absolute Gasteiger partial charge is 0.262 e. The minimum absolute atomic E-state index is 0.0923. The third kappa shape index (κ3) is 6.67. The van der Waals surface area contributed by atoms with E-state index in [4.69, 9.17) is 4.74 Å². The van der Waals surface area contributed by atoms with E-state index < -0.39 is 10.0 Å². The van der Waals surface area contributed by atoms with E-state index in [-0.39, 0.29) is 17.4 Å². The normalized spacial score (nSPS) is 11.1.